The van der Waals surface area contributed by atoms with Gasteiger partial charge in [-0.25, -0.2) is 0 Å². The van der Waals surface area contributed by atoms with Crippen LogP contribution >= 0.6 is 23.6 Å². The Morgan fingerprint density at radius 3 is 2.53 bits per heavy atom. The summed E-state index contributed by atoms with van der Waals surface area (Å²) in [4.78, 5) is 0. The predicted octanol–water partition coefficient (Wildman–Crippen LogP) is 4.38. The van der Waals surface area contributed by atoms with Crippen molar-refractivity contribution in [3.8, 4) is 0 Å². The van der Waals surface area contributed by atoms with E-state index in [-0.39, 0.29) is 5.54 Å². The molecule has 0 unspecified atom stereocenters. The van der Waals surface area contributed by atoms with Crippen LogP contribution in [0.5, 0.6) is 0 Å². The van der Waals surface area contributed by atoms with Gasteiger partial charge in [0, 0.05) is 16.3 Å². The molecule has 4 heteroatoms. The van der Waals surface area contributed by atoms with Crippen molar-refractivity contribution in [3.63, 3.8) is 0 Å². The van der Waals surface area contributed by atoms with Gasteiger partial charge in [0.2, 0.25) is 0 Å². The van der Waals surface area contributed by atoms with E-state index >= 15 is 0 Å². The standard InChI is InChI=1S/C15H22ClNOS/c16-14-6-4-13(5-7-14)12-15(8-1-2-9-15)17-10-3-11-19-18/h4-7,17-18H,1-3,8-12H2. The van der Waals surface area contributed by atoms with E-state index < -0.39 is 0 Å². The van der Waals surface area contributed by atoms with Crippen LogP contribution in [0.1, 0.15) is 37.7 Å². The molecule has 106 valence electrons. The molecular formula is C15H22ClNOS. The van der Waals surface area contributed by atoms with Crippen LogP contribution in [0.4, 0.5) is 0 Å². The van der Waals surface area contributed by atoms with Crippen molar-refractivity contribution in [1.82, 2.24) is 5.32 Å². The Hall–Kier alpha value is -0.220. The lowest BCUT2D eigenvalue weighted by Gasteiger charge is -2.31. The minimum Gasteiger partial charge on any atom is -0.330 e. The van der Waals surface area contributed by atoms with Gasteiger partial charge in [-0.05, 0) is 62.0 Å². The van der Waals surface area contributed by atoms with E-state index in [0.29, 0.717) is 0 Å². The summed E-state index contributed by atoms with van der Waals surface area (Å²) >= 11 is 6.87. The molecule has 1 saturated carbocycles. The van der Waals surface area contributed by atoms with Crippen molar-refractivity contribution in [2.45, 2.75) is 44.1 Å². The molecule has 0 aliphatic heterocycles. The monoisotopic (exact) mass is 299 g/mol. The second-order valence-corrected chi connectivity index (χ2v) is 6.51. The average molecular weight is 300 g/mol. The summed E-state index contributed by atoms with van der Waals surface area (Å²) in [5, 5.41) is 4.54. The van der Waals surface area contributed by atoms with E-state index in [1.54, 1.807) is 0 Å². The molecule has 1 aromatic carbocycles. The molecule has 0 amide bonds. The van der Waals surface area contributed by atoms with Gasteiger partial charge in [-0.1, -0.05) is 36.6 Å². The van der Waals surface area contributed by atoms with Gasteiger partial charge in [0.05, 0.1) is 0 Å². The highest BCUT2D eigenvalue weighted by Crippen LogP contribution is 2.33. The van der Waals surface area contributed by atoms with Gasteiger partial charge in [0.25, 0.3) is 0 Å². The summed E-state index contributed by atoms with van der Waals surface area (Å²) in [7, 11) is 0. The number of hydrogen-bond donors (Lipinski definition) is 2. The van der Waals surface area contributed by atoms with E-state index in [1.165, 1.54) is 31.2 Å². The quantitative estimate of drug-likeness (QED) is 0.579. The van der Waals surface area contributed by atoms with Gasteiger partial charge in [0.15, 0.2) is 0 Å². The first kappa shape index (κ1) is 15.2. The van der Waals surface area contributed by atoms with Crippen molar-refractivity contribution < 1.29 is 4.55 Å². The second-order valence-electron chi connectivity index (χ2n) is 5.40. The summed E-state index contributed by atoms with van der Waals surface area (Å²) in [5.41, 5.74) is 1.61. The summed E-state index contributed by atoms with van der Waals surface area (Å²) in [5.74, 6) is 0.810. The van der Waals surface area contributed by atoms with E-state index in [1.807, 2.05) is 12.1 Å². The largest absolute Gasteiger partial charge is 0.330 e. The molecule has 1 aliphatic rings. The maximum absolute atomic E-state index is 8.76. The molecule has 2 nitrogen and oxygen atoms in total. The zero-order chi connectivity index (χ0) is 13.6. The molecule has 0 atom stereocenters. The van der Waals surface area contributed by atoms with Crippen molar-refractivity contribution >= 4 is 23.6 Å². The van der Waals surface area contributed by atoms with Crippen LogP contribution in [0.15, 0.2) is 24.3 Å². The Morgan fingerprint density at radius 1 is 1.21 bits per heavy atom. The van der Waals surface area contributed by atoms with Crippen LogP contribution in [0.2, 0.25) is 5.02 Å². The third-order valence-electron chi connectivity index (χ3n) is 3.93. The van der Waals surface area contributed by atoms with Crippen molar-refractivity contribution in [2.24, 2.45) is 0 Å². The molecule has 2 N–H and O–H groups in total. The topological polar surface area (TPSA) is 32.3 Å². The summed E-state index contributed by atoms with van der Waals surface area (Å²) in [6.07, 6.45) is 7.23. The lowest BCUT2D eigenvalue weighted by Crippen LogP contribution is -2.45. The van der Waals surface area contributed by atoms with Gasteiger partial charge < -0.3 is 9.87 Å². The zero-order valence-corrected chi connectivity index (χ0v) is 12.8. The van der Waals surface area contributed by atoms with E-state index in [9.17, 15) is 0 Å². The Kier molecular flexibility index (Phi) is 6.02. The maximum Gasteiger partial charge on any atom is 0.0406 e. The van der Waals surface area contributed by atoms with Gasteiger partial charge in [-0.2, -0.15) is 0 Å². The number of halogens is 1. The molecule has 0 aromatic heterocycles. The molecule has 2 rings (SSSR count). The summed E-state index contributed by atoms with van der Waals surface area (Å²) < 4.78 is 8.76. The van der Waals surface area contributed by atoms with Gasteiger partial charge in [-0.3, -0.25) is 0 Å². The first-order valence-electron chi connectivity index (χ1n) is 7.00. The zero-order valence-electron chi connectivity index (χ0n) is 11.2. The average Bonchev–Trinajstić information content (AvgIpc) is 2.87. The van der Waals surface area contributed by atoms with Crippen LogP contribution in [0.25, 0.3) is 0 Å². The molecule has 1 fully saturated rings. The Bertz CT molecular complexity index is 376. The summed E-state index contributed by atoms with van der Waals surface area (Å²) in [6.45, 7) is 0.987. The second kappa shape index (κ2) is 7.53. The molecular weight excluding hydrogens is 278 g/mol. The van der Waals surface area contributed by atoms with Crippen molar-refractivity contribution in [3.05, 3.63) is 34.9 Å². The smallest absolute Gasteiger partial charge is 0.0406 e. The van der Waals surface area contributed by atoms with Crippen LogP contribution in [0, 0.1) is 0 Å². The molecule has 0 heterocycles. The Morgan fingerprint density at radius 2 is 1.89 bits per heavy atom. The highest BCUT2D eigenvalue weighted by Gasteiger charge is 2.32. The predicted molar refractivity (Wildman–Crippen MR) is 84.1 cm³/mol. The number of nitrogens with one attached hydrogen (secondary N) is 1. The lowest BCUT2D eigenvalue weighted by molar-refractivity contribution is 0.330. The van der Waals surface area contributed by atoms with Gasteiger partial charge in [-0.15, -0.1) is 0 Å². The SMILES string of the molecule is OSCCCNC1(Cc2ccc(Cl)cc2)CCCC1. The van der Waals surface area contributed by atoms with Crippen LogP contribution in [-0.4, -0.2) is 22.4 Å². The fourth-order valence-corrected chi connectivity index (χ4v) is 3.35. The van der Waals surface area contributed by atoms with E-state index in [0.717, 1.165) is 42.2 Å². The van der Waals surface area contributed by atoms with Gasteiger partial charge in [0.1, 0.15) is 0 Å². The van der Waals surface area contributed by atoms with Crippen LogP contribution < -0.4 is 5.32 Å². The van der Waals surface area contributed by atoms with Gasteiger partial charge >= 0.3 is 0 Å². The molecule has 0 radical (unpaired) electrons. The minimum absolute atomic E-state index is 0.258. The Labute approximate surface area is 125 Å². The first-order valence-corrected chi connectivity index (χ1v) is 8.32. The molecule has 0 saturated heterocycles. The highest BCUT2D eigenvalue weighted by atomic mass is 35.5. The minimum atomic E-state index is 0.258. The fraction of sp³-hybridized carbons (Fsp3) is 0.600. The molecule has 1 aromatic rings. The van der Waals surface area contributed by atoms with Crippen LogP contribution in [0.3, 0.4) is 0 Å². The highest BCUT2D eigenvalue weighted by molar-refractivity contribution is 7.93. The Balaban J connectivity index is 1.93. The molecule has 19 heavy (non-hydrogen) atoms. The van der Waals surface area contributed by atoms with E-state index in [4.69, 9.17) is 16.2 Å². The molecule has 1 aliphatic carbocycles. The fourth-order valence-electron chi connectivity index (χ4n) is 2.95. The van der Waals surface area contributed by atoms with E-state index in [2.05, 4.69) is 17.4 Å². The molecule has 0 bridgehead atoms. The molecule has 0 spiro atoms. The third-order valence-corrected chi connectivity index (χ3v) is 4.65. The number of benzene rings is 1. The van der Waals surface area contributed by atoms with Crippen LogP contribution in [-0.2, 0) is 6.42 Å². The third kappa shape index (κ3) is 4.67. The van der Waals surface area contributed by atoms with Crippen molar-refractivity contribution in [1.29, 1.82) is 0 Å². The van der Waals surface area contributed by atoms with Crippen molar-refractivity contribution in [2.75, 3.05) is 12.3 Å². The first-order chi connectivity index (χ1) is 9.24. The number of hydrogen-bond acceptors (Lipinski definition) is 3. The summed E-state index contributed by atoms with van der Waals surface area (Å²) in [6, 6.07) is 8.21. The maximum atomic E-state index is 8.76. The lowest BCUT2D eigenvalue weighted by atomic mass is 9.89. The number of rotatable bonds is 7. The normalized spacial score (nSPS) is 17.8.